The largest absolute Gasteiger partial charge is 0.323 e. The van der Waals surface area contributed by atoms with Gasteiger partial charge in [0.05, 0.1) is 0 Å². The first-order chi connectivity index (χ1) is 6.24. The zero-order chi connectivity index (χ0) is 9.68. The molecule has 0 heterocycles. The smallest absolute Gasteiger partial charge is 0.0406 e. The highest BCUT2D eigenvalue weighted by atomic mass is 35.5. The van der Waals surface area contributed by atoms with Gasteiger partial charge in [-0.05, 0) is 24.6 Å². The van der Waals surface area contributed by atoms with Crippen LogP contribution in [0.3, 0.4) is 0 Å². The van der Waals surface area contributed by atoms with Crippen LogP contribution in [0.25, 0.3) is 0 Å². The molecule has 1 atom stereocenters. The second-order valence-electron chi connectivity index (χ2n) is 2.79. The fourth-order valence-electron chi connectivity index (χ4n) is 1.04. The lowest BCUT2D eigenvalue weighted by atomic mass is 10.1. The third-order valence-electron chi connectivity index (χ3n) is 1.80. The van der Waals surface area contributed by atoms with Gasteiger partial charge in [-0.2, -0.15) is 0 Å². The highest BCUT2D eigenvalue weighted by Gasteiger charge is 2.02. The minimum atomic E-state index is -0.00952. The summed E-state index contributed by atoms with van der Waals surface area (Å²) in [7, 11) is 0. The summed E-state index contributed by atoms with van der Waals surface area (Å²) in [5, 5.41) is 0.734. The van der Waals surface area contributed by atoms with Crippen molar-refractivity contribution in [2.75, 3.05) is 0 Å². The molecular weight excluding hydrogens is 182 g/mol. The second-order valence-corrected chi connectivity index (χ2v) is 3.23. The van der Waals surface area contributed by atoms with Crippen LogP contribution in [-0.4, -0.2) is 0 Å². The SMILES string of the molecule is CC#CCC(N)c1ccc(Cl)cc1. The third-order valence-corrected chi connectivity index (χ3v) is 2.05. The van der Waals surface area contributed by atoms with Crippen LogP contribution in [-0.2, 0) is 0 Å². The summed E-state index contributed by atoms with van der Waals surface area (Å²) in [5.41, 5.74) is 6.96. The molecule has 0 spiro atoms. The molecule has 13 heavy (non-hydrogen) atoms. The minimum absolute atomic E-state index is 0.00952. The van der Waals surface area contributed by atoms with Gasteiger partial charge in [0.1, 0.15) is 0 Å². The van der Waals surface area contributed by atoms with E-state index in [1.54, 1.807) is 0 Å². The van der Waals surface area contributed by atoms with E-state index in [4.69, 9.17) is 17.3 Å². The van der Waals surface area contributed by atoms with E-state index in [0.29, 0.717) is 6.42 Å². The van der Waals surface area contributed by atoms with Crippen molar-refractivity contribution in [1.29, 1.82) is 0 Å². The molecule has 0 radical (unpaired) electrons. The molecule has 0 amide bonds. The number of halogens is 1. The van der Waals surface area contributed by atoms with Crippen LogP contribution in [0.2, 0.25) is 5.02 Å². The summed E-state index contributed by atoms with van der Waals surface area (Å²) < 4.78 is 0. The van der Waals surface area contributed by atoms with Gasteiger partial charge in [0.25, 0.3) is 0 Å². The number of nitrogens with two attached hydrogens (primary N) is 1. The van der Waals surface area contributed by atoms with Gasteiger partial charge in [0.2, 0.25) is 0 Å². The van der Waals surface area contributed by atoms with Gasteiger partial charge in [-0.15, -0.1) is 11.8 Å². The summed E-state index contributed by atoms with van der Waals surface area (Å²) in [6.07, 6.45) is 0.693. The molecule has 0 bridgehead atoms. The van der Waals surface area contributed by atoms with Crippen molar-refractivity contribution in [3.05, 3.63) is 34.9 Å². The van der Waals surface area contributed by atoms with Crippen molar-refractivity contribution < 1.29 is 0 Å². The lowest BCUT2D eigenvalue weighted by Gasteiger charge is -2.07. The second kappa shape index (κ2) is 4.91. The molecule has 0 aliphatic heterocycles. The Bertz CT molecular complexity index is 318. The molecule has 0 saturated carbocycles. The molecule has 2 heteroatoms. The molecule has 1 rings (SSSR count). The van der Waals surface area contributed by atoms with Crippen molar-refractivity contribution in [1.82, 2.24) is 0 Å². The van der Waals surface area contributed by atoms with Crippen LogP contribution in [0, 0.1) is 11.8 Å². The van der Waals surface area contributed by atoms with Gasteiger partial charge in [-0.25, -0.2) is 0 Å². The van der Waals surface area contributed by atoms with Crippen LogP contribution < -0.4 is 5.73 Å². The Hall–Kier alpha value is -0.970. The Kier molecular flexibility index (Phi) is 3.82. The summed E-state index contributed by atoms with van der Waals surface area (Å²) in [4.78, 5) is 0. The fraction of sp³-hybridized carbons (Fsp3) is 0.273. The van der Waals surface area contributed by atoms with Crippen LogP contribution >= 0.6 is 11.6 Å². The van der Waals surface area contributed by atoms with Crippen molar-refractivity contribution in [3.8, 4) is 11.8 Å². The van der Waals surface area contributed by atoms with E-state index in [-0.39, 0.29) is 6.04 Å². The van der Waals surface area contributed by atoms with Crippen molar-refractivity contribution in [3.63, 3.8) is 0 Å². The summed E-state index contributed by atoms with van der Waals surface area (Å²) in [6, 6.07) is 7.55. The zero-order valence-electron chi connectivity index (χ0n) is 7.55. The Labute approximate surface area is 83.9 Å². The van der Waals surface area contributed by atoms with Crippen LogP contribution in [0.4, 0.5) is 0 Å². The van der Waals surface area contributed by atoms with Gasteiger partial charge < -0.3 is 5.73 Å². The summed E-state index contributed by atoms with van der Waals surface area (Å²) in [6.45, 7) is 1.81. The number of hydrogen-bond acceptors (Lipinski definition) is 1. The normalized spacial score (nSPS) is 11.6. The summed E-state index contributed by atoms with van der Waals surface area (Å²) in [5.74, 6) is 5.78. The topological polar surface area (TPSA) is 26.0 Å². The standard InChI is InChI=1S/C11H12ClN/c1-2-3-4-11(13)9-5-7-10(12)8-6-9/h5-8,11H,4,13H2,1H3. The predicted molar refractivity (Wildman–Crippen MR) is 56.4 cm³/mol. The van der Waals surface area contributed by atoms with E-state index in [2.05, 4.69) is 11.8 Å². The minimum Gasteiger partial charge on any atom is -0.323 e. The average Bonchev–Trinajstić information content (AvgIpc) is 2.15. The molecule has 1 unspecified atom stereocenters. The lowest BCUT2D eigenvalue weighted by Crippen LogP contribution is -2.08. The molecular formula is C11H12ClN. The Morgan fingerprint density at radius 1 is 1.38 bits per heavy atom. The molecule has 1 aromatic rings. The molecule has 1 aromatic carbocycles. The maximum absolute atomic E-state index is 5.89. The maximum atomic E-state index is 5.89. The maximum Gasteiger partial charge on any atom is 0.0406 e. The highest BCUT2D eigenvalue weighted by molar-refractivity contribution is 6.30. The first-order valence-corrected chi connectivity index (χ1v) is 4.52. The summed E-state index contributed by atoms with van der Waals surface area (Å²) >= 11 is 5.75. The highest BCUT2D eigenvalue weighted by Crippen LogP contribution is 2.16. The molecule has 0 aliphatic rings. The molecule has 0 fully saturated rings. The molecule has 2 N–H and O–H groups in total. The van der Waals surface area contributed by atoms with Crippen LogP contribution in [0.15, 0.2) is 24.3 Å². The van der Waals surface area contributed by atoms with E-state index < -0.39 is 0 Å². The van der Waals surface area contributed by atoms with Gasteiger partial charge in [0, 0.05) is 17.5 Å². The van der Waals surface area contributed by atoms with Gasteiger partial charge in [-0.3, -0.25) is 0 Å². The van der Waals surface area contributed by atoms with Crippen molar-refractivity contribution in [2.24, 2.45) is 5.73 Å². The van der Waals surface area contributed by atoms with E-state index in [0.717, 1.165) is 10.6 Å². The molecule has 1 nitrogen and oxygen atoms in total. The van der Waals surface area contributed by atoms with Crippen molar-refractivity contribution >= 4 is 11.6 Å². The van der Waals surface area contributed by atoms with Gasteiger partial charge >= 0.3 is 0 Å². The van der Waals surface area contributed by atoms with Crippen LogP contribution in [0.1, 0.15) is 24.9 Å². The molecule has 0 saturated heterocycles. The van der Waals surface area contributed by atoms with E-state index in [1.807, 2.05) is 31.2 Å². The number of rotatable bonds is 2. The predicted octanol–water partition coefficient (Wildman–Crippen LogP) is 2.75. The van der Waals surface area contributed by atoms with Gasteiger partial charge in [0.15, 0.2) is 0 Å². The van der Waals surface area contributed by atoms with E-state index >= 15 is 0 Å². The Balaban J connectivity index is 2.69. The lowest BCUT2D eigenvalue weighted by molar-refractivity contribution is 0.754. The third kappa shape index (κ3) is 3.10. The number of benzene rings is 1. The Morgan fingerprint density at radius 2 is 2.00 bits per heavy atom. The van der Waals surface area contributed by atoms with Crippen molar-refractivity contribution in [2.45, 2.75) is 19.4 Å². The first-order valence-electron chi connectivity index (χ1n) is 4.14. The average molecular weight is 194 g/mol. The zero-order valence-corrected chi connectivity index (χ0v) is 8.31. The molecule has 68 valence electrons. The molecule has 0 aliphatic carbocycles. The quantitative estimate of drug-likeness (QED) is 0.719. The fourth-order valence-corrected chi connectivity index (χ4v) is 1.17. The Morgan fingerprint density at radius 3 is 2.54 bits per heavy atom. The van der Waals surface area contributed by atoms with E-state index in [9.17, 15) is 0 Å². The monoisotopic (exact) mass is 193 g/mol. The number of hydrogen-bond donors (Lipinski definition) is 1. The van der Waals surface area contributed by atoms with E-state index in [1.165, 1.54) is 0 Å². The molecule has 0 aromatic heterocycles. The van der Waals surface area contributed by atoms with Crippen LogP contribution in [0.5, 0.6) is 0 Å². The first kappa shape index (κ1) is 10.1. The van der Waals surface area contributed by atoms with Gasteiger partial charge in [-0.1, -0.05) is 23.7 Å².